The first-order valence-electron chi connectivity index (χ1n) is 8.26. The van der Waals surface area contributed by atoms with Gasteiger partial charge in [0.05, 0.1) is 18.3 Å². The van der Waals surface area contributed by atoms with Crippen LogP contribution >= 0.6 is 0 Å². The van der Waals surface area contributed by atoms with E-state index in [2.05, 4.69) is 5.10 Å². The number of amides is 1. The molecule has 0 radical (unpaired) electrons. The summed E-state index contributed by atoms with van der Waals surface area (Å²) in [5, 5.41) is 14.1. The maximum atomic E-state index is 13.5. The van der Waals surface area contributed by atoms with Gasteiger partial charge in [-0.3, -0.25) is 9.48 Å². The number of hydrogen-bond acceptors (Lipinski definition) is 3. The van der Waals surface area contributed by atoms with Crippen molar-refractivity contribution in [3.05, 3.63) is 52.9 Å². The van der Waals surface area contributed by atoms with Gasteiger partial charge < -0.3 is 10.0 Å². The lowest BCUT2D eigenvalue weighted by Crippen LogP contribution is -2.32. The highest BCUT2D eigenvalue weighted by atomic mass is 19.2. The number of aromatic nitrogens is 2. The summed E-state index contributed by atoms with van der Waals surface area (Å²) in [5.74, 6) is -1.99. The van der Waals surface area contributed by atoms with E-state index in [9.17, 15) is 18.7 Å². The lowest BCUT2D eigenvalue weighted by molar-refractivity contribution is -0.132. The largest absolute Gasteiger partial charge is 0.391 e. The zero-order chi connectivity index (χ0) is 18.1. The van der Waals surface area contributed by atoms with Crippen LogP contribution in [0.4, 0.5) is 8.78 Å². The first kappa shape index (κ1) is 17.5. The van der Waals surface area contributed by atoms with Gasteiger partial charge in [-0.25, -0.2) is 8.78 Å². The lowest BCUT2D eigenvalue weighted by atomic mass is 10.0. The summed E-state index contributed by atoms with van der Waals surface area (Å²) in [6.45, 7) is 2.14. The Morgan fingerprint density at radius 1 is 1.36 bits per heavy atom. The molecular weight excluding hydrogens is 328 g/mol. The van der Waals surface area contributed by atoms with E-state index in [1.807, 2.05) is 14.0 Å². The number of nitrogens with zero attached hydrogens (tertiary/aromatic N) is 3. The summed E-state index contributed by atoms with van der Waals surface area (Å²) in [4.78, 5) is 14.2. The molecule has 1 aliphatic heterocycles. The smallest absolute Gasteiger partial charge is 0.223 e. The van der Waals surface area contributed by atoms with Gasteiger partial charge in [0.2, 0.25) is 5.91 Å². The maximum Gasteiger partial charge on any atom is 0.223 e. The van der Waals surface area contributed by atoms with Crippen LogP contribution < -0.4 is 0 Å². The molecule has 134 valence electrons. The average molecular weight is 349 g/mol. The Balaban J connectivity index is 1.73. The van der Waals surface area contributed by atoms with E-state index in [0.29, 0.717) is 18.4 Å². The van der Waals surface area contributed by atoms with Crippen molar-refractivity contribution in [1.29, 1.82) is 0 Å². The van der Waals surface area contributed by atoms with Gasteiger partial charge in [-0.15, -0.1) is 0 Å². The zero-order valence-corrected chi connectivity index (χ0v) is 14.2. The summed E-state index contributed by atoms with van der Waals surface area (Å²) >= 11 is 0. The summed E-state index contributed by atoms with van der Waals surface area (Å²) in [6, 6.07) is 3.18. The number of β-amino-alcohol motifs (C(OH)–C–C–N with tert-alkyl or cyclic N) is 1. The molecule has 25 heavy (non-hydrogen) atoms. The third kappa shape index (κ3) is 3.56. The molecule has 1 aromatic carbocycles. The molecule has 1 saturated heterocycles. The fourth-order valence-corrected chi connectivity index (χ4v) is 3.30. The molecule has 0 saturated carbocycles. The van der Waals surface area contributed by atoms with Crippen molar-refractivity contribution in [3.63, 3.8) is 0 Å². The Labute approximate surface area is 144 Å². The van der Waals surface area contributed by atoms with Crippen LogP contribution in [0, 0.1) is 18.6 Å². The highest BCUT2D eigenvalue weighted by Gasteiger charge is 2.35. The summed E-state index contributed by atoms with van der Waals surface area (Å²) in [6.07, 6.45) is 2.23. The molecule has 0 bridgehead atoms. The van der Waals surface area contributed by atoms with E-state index < -0.39 is 23.8 Å². The van der Waals surface area contributed by atoms with E-state index in [4.69, 9.17) is 0 Å². The first-order chi connectivity index (χ1) is 11.9. The molecule has 1 aliphatic rings. The Morgan fingerprint density at radius 3 is 2.76 bits per heavy atom. The minimum absolute atomic E-state index is 0.116. The Kier molecular flexibility index (Phi) is 4.85. The van der Waals surface area contributed by atoms with Gasteiger partial charge in [-0.1, -0.05) is 6.07 Å². The van der Waals surface area contributed by atoms with Crippen molar-refractivity contribution < 1.29 is 18.7 Å². The molecule has 0 aliphatic carbocycles. The van der Waals surface area contributed by atoms with E-state index >= 15 is 0 Å². The van der Waals surface area contributed by atoms with Crippen molar-refractivity contribution in [2.75, 3.05) is 6.54 Å². The molecule has 2 aromatic rings. The fourth-order valence-electron chi connectivity index (χ4n) is 3.30. The highest BCUT2D eigenvalue weighted by Crippen LogP contribution is 2.33. The molecule has 5 nitrogen and oxygen atoms in total. The Hall–Kier alpha value is -2.28. The molecule has 2 heterocycles. The molecule has 1 fully saturated rings. The second-order valence-electron chi connectivity index (χ2n) is 6.50. The van der Waals surface area contributed by atoms with Crippen LogP contribution in [0.15, 0.2) is 24.4 Å². The van der Waals surface area contributed by atoms with Crippen molar-refractivity contribution in [3.8, 4) is 0 Å². The molecule has 3 rings (SSSR count). The number of carbonyl (C=O) groups excluding carboxylic acids is 1. The third-order valence-corrected chi connectivity index (χ3v) is 4.87. The van der Waals surface area contributed by atoms with Gasteiger partial charge in [0, 0.05) is 25.7 Å². The Bertz CT molecular complexity index is 791. The summed E-state index contributed by atoms with van der Waals surface area (Å²) in [7, 11) is 1.84. The van der Waals surface area contributed by atoms with Crippen LogP contribution in [0.1, 0.15) is 35.7 Å². The molecule has 1 N–H and O–H groups in total. The second-order valence-corrected chi connectivity index (χ2v) is 6.50. The van der Waals surface area contributed by atoms with Gasteiger partial charge in [0.1, 0.15) is 0 Å². The zero-order valence-electron chi connectivity index (χ0n) is 14.2. The van der Waals surface area contributed by atoms with Crippen molar-refractivity contribution >= 4 is 5.91 Å². The second kappa shape index (κ2) is 6.92. The number of rotatable bonds is 4. The van der Waals surface area contributed by atoms with Crippen molar-refractivity contribution in [2.45, 2.75) is 38.3 Å². The number of benzene rings is 1. The van der Waals surface area contributed by atoms with Gasteiger partial charge in [0.25, 0.3) is 0 Å². The number of hydrogen-bond donors (Lipinski definition) is 1. The van der Waals surface area contributed by atoms with Crippen molar-refractivity contribution in [1.82, 2.24) is 14.7 Å². The SMILES string of the molecule is Cc1c(CCC(=O)N2C[C@@H](O)C[C@H]2c2ccc(F)c(F)c2)cnn1C. The van der Waals surface area contributed by atoms with Crippen LogP contribution in [-0.2, 0) is 18.3 Å². The molecule has 0 unspecified atom stereocenters. The van der Waals surface area contributed by atoms with Crippen LogP contribution in [0.5, 0.6) is 0 Å². The first-order valence-corrected chi connectivity index (χ1v) is 8.26. The van der Waals surface area contributed by atoms with Crippen LogP contribution in [0.25, 0.3) is 0 Å². The van der Waals surface area contributed by atoms with Gasteiger partial charge in [-0.05, 0) is 43.0 Å². The minimum Gasteiger partial charge on any atom is -0.391 e. The number of halogens is 2. The quantitative estimate of drug-likeness (QED) is 0.921. The van der Waals surface area contributed by atoms with Crippen LogP contribution in [0.2, 0.25) is 0 Å². The molecule has 1 amide bonds. The predicted octanol–water partition coefficient (Wildman–Crippen LogP) is 2.27. The molecule has 0 spiro atoms. The maximum absolute atomic E-state index is 13.5. The number of carbonyl (C=O) groups is 1. The lowest BCUT2D eigenvalue weighted by Gasteiger charge is -2.25. The standard InChI is InChI=1S/C18H21F2N3O2/c1-11-13(9-21-22(11)2)4-6-18(25)23-10-14(24)8-17(23)12-3-5-15(19)16(20)7-12/h3,5,7,9,14,17,24H,4,6,8,10H2,1-2H3/t14-,17-/m0/s1. The van der Waals surface area contributed by atoms with Gasteiger partial charge >= 0.3 is 0 Å². The summed E-state index contributed by atoms with van der Waals surface area (Å²) < 4.78 is 28.4. The summed E-state index contributed by atoms with van der Waals surface area (Å²) in [5.41, 5.74) is 2.51. The van der Waals surface area contributed by atoms with E-state index in [0.717, 1.165) is 23.4 Å². The van der Waals surface area contributed by atoms with Crippen molar-refractivity contribution in [2.24, 2.45) is 7.05 Å². The van der Waals surface area contributed by atoms with E-state index in [-0.39, 0.29) is 18.9 Å². The average Bonchev–Trinajstić information content (AvgIpc) is 3.12. The minimum atomic E-state index is -0.947. The number of aliphatic hydroxyl groups is 1. The van der Waals surface area contributed by atoms with Gasteiger partial charge in [-0.2, -0.15) is 5.10 Å². The molecule has 1 aromatic heterocycles. The van der Waals surface area contributed by atoms with E-state index in [1.54, 1.807) is 15.8 Å². The normalized spacial score (nSPS) is 20.3. The third-order valence-electron chi connectivity index (χ3n) is 4.87. The van der Waals surface area contributed by atoms with E-state index in [1.165, 1.54) is 6.07 Å². The monoisotopic (exact) mass is 349 g/mol. The molecule has 2 atom stereocenters. The Morgan fingerprint density at radius 2 is 2.12 bits per heavy atom. The molecule has 7 heteroatoms. The number of aryl methyl sites for hydroxylation is 2. The highest BCUT2D eigenvalue weighted by molar-refractivity contribution is 5.77. The number of aliphatic hydroxyl groups excluding tert-OH is 1. The fraction of sp³-hybridized carbons (Fsp3) is 0.444. The van der Waals surface area contributed by atoms with Crippen LogP contribution in [0.3, 0.4) is 0 Å². The van der Waals surface area contributed by atoms with Gasteiger partial charge in [0.15, 0.2) is 11.6 Å². The number of likely N-dealkylation sites (tertiary alicyclic amines) is 1. The molecular formula is C18H21F2N3O2. The predicted molar refractivity (Wildman–Crippen MR) is 87.7 cm³/mol. The van der Waals surface area contributed by atoms with Crippen LogP contribution in [-0.4, -0.2) is 38.3 Å². The topological polar surface area (TPSA) is 58.4 Å².